The molecule has 1 aromatic carbocycles. The number of carbonyl (C=O) groups excluding carboxylic acids is 1. The highest BCUT2D eigenvalue weighted by Gasteiger charge is 2.18. The molecule has 4 heteroatoms. The van der Waals surface area contributed by atoms with Gasteiger partial charge in [0.05, 0.1) is 11.8 Å². The Kier molecular flexibility index (Phi) is 5.32. The Morgan fingerprint density at radius 1 is 1.28 bits per heavy atom. The summed E-state index contributed by atoms with van der Waals surface area (Å²) in [5.41, 5.74) is 2.03. The third-order valence-corrected chi connectivity index (χ3v) is 5.76. The molecule has 1 aromatic rings. The lowest BCUT2D eigenvalue weighted by atomic mass is 10.1. The minimum absolute atomic E-state index is 0.158. The first kappa shape index (κ1) is 13.7. The van der Waals surface area contributed by atoms with Crippen molar-refractivity contribution >= 4 is 27.9 Å². The fourth-order valence-electron chi connectivity index (χ4n) is 2.20. The summed E-state index contributed by atoms with van der Waals surface area (Å²) in [6.45, 7) is 0. The van der Waals surface area contributed by atoms with Crippen LogP contribution in [0.2, 0.25) is 5.54 Å². The topological polar surface area (TPSA) is 29.1 Å². The van der Waals surface area contributed by atoms with Crippen LogP contribution in [0.3, 0.4) is 0 Å². The minimum Gasteiger partial charge on any atom is -0.344 e. The van der Waals surface area contributed by atoms with Crippen molar-refractivity contribution in [3.8, 4) is 0 Å². The molecule has 0 aromatic heterocycles. The second-order valence-corrected chi connectivity index (χ2v) is 8.00. The SMILES string of the molecule is O=C(Cc1ccccc1)N[C@H]1CC[C@@H]([SiH3])CCS1. The summed E-state index contributed by atoms with van der Waals surface area (Å²) in [5, 5.41) is 3.50. The van der Waals surface area contributed by atoms with E-state index in [2.05, 4.69) is 5.32 Å². The lowest BCUT2D eigenvalue weighted by Gasteiger charge is -2.15. The molecule has 1 aliphatic heterocycles. The van der Waals surface area contributed by atoms with E-state index in [0.717, 1.165) is 17.5 Å². The molecule has 98 valence electrons. The Bertz CT molecular complexity index is 385. The van der Waals surface area contributed by atoms with Crippen LogP contribution in [-0.2, 0) is 11.2 Å². The maximum absolute atomic E-state index is 12.0. The van der Waals surface area contributed by atoms with Crippen molar-refractivity contribution in [3.05, 3.63) is 35.9 Å². The van der Waals surface area contributed by atoms with Gasteiger partial charge in [-0.1, -0.05) is 42.3 Å². The van der Waals surface area contributed by atoms with Crippen LogP contribution < -0.4 is 5.32 Å². The van der Waals surface area contributed by atoms with Gasteiger partial charge in [-0.15, -0.1) is 11.8 Å². The predicted octanol–water partition coefficient (Wildman–Crippen LogP) is 1.74. The molecule has 0 radical (unpaired) electrons. The van der Waals surface area contributed by atoms with Crippen LogP contribution in [0.4, 0.5) is 0 Å². The average molecular weight is 279 g/mol. The lowest BCUT2D eigenvalue weighted by molar-refractivity contribution is -0.120. The summed E-state index contributed by atoms with van der Waals surface area (Å²) in [5.74, 6) is 1.36. The van der Waals surface area contributed by atoms with Gasteiger partial charge in [-0.05, 0) is 24.2 Å². The molecule has 1 saturated heterocycles. The first-order valence-electron chi connectivity index (χ1n) is 6.69. The van der Waals surface area contributed by atoms with Crippen molar-refractivity contribution in [3.63, 3.8) is 0 Å². The van der Waals surface area contributed by atoms with E-state index in [-0.39, 0.29) is 5.91 Å². The standard InChI is InChI=1S/C14H21NOSSi/c16-13(10-11-4-2-1-3-5-11)15-14-7-6-12(18)8-9-17-14/h1-5,12,14H,6-10H2,18H3,(H,15,16)/t12-,14-/m1/s1. The van der Waals surface area contributed by atoms with Crippen LogP contribution in [0.25, 0.3) is 0 Å². The van der Waals surface area contributed by atoms with Crippen molar-refractivity contribution in [1.82, 2.24) is 5.32 Å². The number of hydrogen-bond donors (Lipinski definition) is 1. The summed E-state index contributed by atoms with van der Waals surface area (Å²) in [6, 6.07) is 9.96. The Hall–Kier alpha value is -0.743. The molecular formula is C14H21NOSSi. The number of amides is 1. The molecule has 1 fully saturated rings. The molecule has 0 bridgehead atoms. The smallest absolute Gasteiger partial charge is 0.225 e. The predicted molar refractivity (Wildman–Crippen MR) is 82.1 cm³/mol. The van der Waals surface area contributed by atoms with Crippen LogP contribution in [0.1, 0.15) is 24.8 Å². The summed E-state index contributed by atoms with van der Waals surface area (Å²) < 4.78 is 0. The zero-order chi connectivity index (χ0) is 12.8. The number of hydrogen-bond acceptors (Lipinski definition) is 2. The van der Waals surface area contributed by atoms with Crippen molar-refractivity contribution < 1.29 is 4.79 Å². The van der Waals surface area contributed by atoms with Gasteiger partial charge in [-0.25, -0.2) is 0 Å². The second-order valence-electron chi connectivity index (χ2n) is 5.06. The molecular weight excluding hydrogens is 258 g/mol. The van der Waals surface area contributed by atoms with E-state index in [1.807, 2.05) is 42.1 Å². The van der Waals surface area contributed by atoms with E-state index in [1.165, 1.54) is 28.8 Å². The fraction of sp³-hybridized carbons (Fsp3) is 0.500. The maximum Gasteiger partial charge on any atom is 0.225 e. The van der Waals surface area contributed by atoms with Crippen LogP contribution in [0, 0.1) is 0 Å². The van der Waals surface area contributed by atoms with Gasteiger partial charge in [0.15, 0.2) is 0 Å². The van der Waals surface area contributed by atoms with Gasteiger partial charge in [0.25, 0.3) is 0 Å². The summed E-state index contributed by atoms with van der Waals surface area (Å²) >= 11 is 1.92. The van der Waals surface area contributed by atoms with Crippen molar-refractivity contribution in [1.29, 1.82) is 0 Å². The van der Waals surface area contributed by atoms with E-state index < -0.39 is 0 Å². The Morgan fingerprint density at radius 2 is 2.06 bits per heavy atom. The van der Waals surface area contributed by atoms with Gasteiger partial charge in [-0.2, -0.15) is 0 Å². The third-order valence-electron chi connectivity index (χ3n) is 3.38. The molecule has 0 unspecified atom stereocenters. The quantitative estimate of drug-likeness (QED) is 0.854. The van der Waals surface area contributed by atoms with Gasteiger partial charge in [0.2, 0.25) is 5.91 Å². The van der Waals surface area contributed by atoms with E-state index in [0.29, 0.717) is 11.8 Å². The molecule has 1 heterocycles. The molecule has 2 atom stereocenters. The van der Waals surface area contributed by atoms with Gasteiger partial charge in [0, 0.05) is 10.2 Å². The van der Waals surface area contributed by atoms with E-state index in [9.17, 15) is 4.79 Å². The first-order valence-corrected chi connectivity index (χ1v) is 8.89. The average Bonchev–Trinajstić information content (AvgIpc) is 2.56. The highest BCUT2D eigenvalue weighted by molar-refractivity contribution is 7.99. The number of carbonyl (C=O) groups is 1. The molecule has 0 saturated carbocycles. The number of thioether (sulfide) groups is 1. The van der Waals surface area contributed by atoms with Crippen molar-refractivity contribution in [2.45, 2.75) is 36.6 Å². The summed E-state index contributed by atoms with van der Waals surface area (Å²) in [6.07, 6.45) is 4.26. The minimum atomic E-state index is 0.158. The largest absolute Gasteiger partial charge is 0.344 e. The molecule has 0 aliphatic carbocycles. The molecule has 0 spiro atoms. The van der Waals surface area contributed by atoms with Gasteiger partial charge >= 0.3 is 0 Å². The van der Waals surface area contributed by atoms with Gasteiger partial charge in [0.1, 0.15) is 0 Å². The third kappa shape index (κ3) is 4.50. The van der Waals surface area contributed by atoms with Crippen LogP contribution >= 0.6 is 11.8 Å². The summed E-state index contributed by atoms with van der Waals surface area (Å²) in [7, 11) is 1.29. The highest BCUT2D eigenvalue weighted by Crippen LogP contribution is 2.28. The monoisotopic (exact) mass is 279 g/mol. The van der Waals surface area contributed by atoms with E-state index in [4.69, 9.17) is 0 Å². The maximum atomic E-state index is 12.0. The molecule has 1 amide bonds. The normalized spacial score (nSPS) is 24.4. The Labute approximate surface area is 116 Å². The highest BCUT2D eigenvalue weighted by atomic mass is 32.2. The fourth-order valence-corrected chi connectivity index (χ4v) is 4.58. The molecule has 2 nitrogen and oxygen atoms in total. The number of benzene rings is 1. The van der Waals surface area contributed by atoms with Crippen molar-refractivity contribution in [2.24, 2.45) is 0 Å². The van der Waals surface area contributed by atoms with E-state index in [1.54, 1.807) is 0 Å². The van der Waals surface area contributed by atoms with Crippen LogP contribution in [-0.4, -0.2) is 27.3 Å². The molecule has 2 rings (SSSR count). The zero-order valence-electron chi connectivity index (χ0n) is 10.9. The summed E-state index contributed by atoms with van der Waals surface area (Å²) in [4.78, 5) is 12.0. The van der Waals surface area contributed by atoms with Gasteiger partial charge < -0.3 is 5.32 Å². The number of nitrogens with one attached hydrogen (secondary N) is 1. The van der Waals surface area contributed by atoms with Crippen LogP contribution in [0.5, 0.6) is 0 Å². The molecule has 1 aliphatic rings. The Morgan fingerprint density at radius 3 is 2.83 bits per heavy atom. The van der Waals surface area contributed by atoms with Crippen LogP contribution in [0.15, 0.2) is 30.3 Å². The van der Waals surface area contributed by atoms with Gasteiger partial charge in [-0.3, -0.25) is 4.79 Å². The Balaban J connectivity index is 1.80. The molecule has 1 N–H and O–H groups in total. The molecule has 18 heavy (non-hydrogen) atoms. The first-order chi connectivity index (χ1) is 8.74. The lowest BCUT2D eigenvalue weighted by Crippen LogP contribution is -2.33. The van der Waals surface area contributed by atoms with Crippen molar-refractivity contribution in [2.75, 3.05) is 5.75 Å². The number of rotatable bonds is 3. The second kappa shape index (κ2) is 7.00. The van der Waals surface area contributed by atoms with E-state index >= 15 is 0 Å². The zero-order valence-corrected chi connectivity index (χ0v) is 13.7.